The van der Waals surface area contributed by atoms with Crippen molar-refractivity contribution in [2.24, 2.45) is 0 Å². The number of carbonyl (C=O) groups excluding carboxylic acids is 3. The Hall–Kier alpha value is -3.90. The largest absolute Gasteiger partial charge is 0.509 e. The monoisotopic (exact) mass is 675 g/mol. The van der Waals surface area contributed by atoms with Crippen LogP contribution in [0.5, 0.6) is 0 Å². The molecular weight excluding hydrogens is 635 g/mol. The number of amides is 2. The molecule has 0 radical (unpaired) electrons. The maximum absolute atomic E-state index is 13.2. The first-order valence-electron chi connectivity index (χ1n) is 15.5. The fourth-order valence-corrected chi connectivity index (χ4v) is 12.0. The highest BCUT2D eigenvalue weighted by atomic mass is 32.2. The van der Waals surface area contributed by atoms with Crippen LogP contribution in [0.1, 0.15) is 33.3 Å². The van der Waals surface area contributed by atoms with Gasteiger partial charge in [-0.25, -0.2) is 14.5 Å². The predicted molar refractivity (Wildman–Crippen MR) is 182 cm³/mol. The van der Waals surface area contributed by atoms with E-state index in [-0.39, 0.29) is 18.3 Å². The van der Waals surface area contributed by atoms with Gasteiger partial charge >= 0.3 is 12.2 Å². The third-order valence-electron chi connectivity index (χ3n) is 8.39. The number of benzene rings is 3. The van der Waals surface area contributed by atoms with E-state index in [1.54, 1.807) is 0 Å². The highest BCUT2D eigenvalue weighted by Gasteiger charge is 2.60. The Morgan fingerprint density at radius 3 is 2.11 bits per heavy atom. The zero-order valence-corrected chi connectivity index (χ0v) is 29.1. The van der Waals surface area contributed by atoms with Gasteiger partial charge in [-0.05, 0) is 34.5 Å². The summed E-state index contributed by atoms with van der Waals surface area (Å²) < 4.78 is 30.8. The molecule has 2 amide bonds. The van der Waals surface area contributed by atoms with Crippen LogP contribution in [-0.4, -0.2) is 74.4 Å². The number of imide groups is 1. The van der Waals surface area contributed by atoms with Crippen LogP contribution in [0.2, 0.25) is 5.04 Å². The van der Waals surface area contributed by atoms with E-state index in [2.05, 4.69) is 51.6 Å². The molecule has 0 spiro atoms. The van der Waals surface area contributed by atoms with Crippen molar-refractivity contribution < 1.29 is 37.8 Å². The quantitative estimate of drug-likeness (QED) is 0.149. The topological polar surface area (TPSA) is 101 Å². The van der Waals surface area contributed by atoms with Gasteiger partial charge in [-0.3, -0.25) is 4.79 Å². The van der Waals surface area contributed by atoms with E-state index in [1.165, 1.54) is 24.8 Å². The zero-order chi connectivity index (χ0) is 33.8. The van der Waals surface area contributed by atoms with Crippen LogP contribution in [0, 0.1) is 6.92 Å². The molecule has 2 aliphatic heterocycles. The van der Waals surface area contributed by atoms with Crippen LogP contribution in [0.15, 0.2) is 102 Å². The summed E-state index contributed by atoms with van der Waals surface area (Å²) >= 11 is 1.37. The van der Waals surface area contributed by atoms with Crippen LogP contribution in [0.25, 0.3) is 0 Å². The first kappa shape index (κ1) is 34.4. The Labute approximate surface area is 281 Å². The molecule has 2 aliphatic rings. The fraction of sp³-hybridized carbons (Fsp3) is 0.361. The van der Waals surface area contributed by atoms with Crippen molar-refractivity contribution >= 4 is 48.6 Å². The lowest BCUT2D eigenvalue weighted by Gasteiger charge is -2.46. The summed E-state index contributed by atoms with van der Waals surface area (Å²) in [6, 6.07) is 27.3. The van der Waals surface area contributed by atoms with Crippen molar-refractivity contribution in [2.75, 3.05) is 13.2 Å². The maximum atomic E-state index is 13.2. The van der Waals surface area contributed by atoms with E-state index in [0.717, 1.165) is 25.7 Å². The number of hydrogen-bond acceptors (Lipinski definition) is 9. The highest BCUT2D eigenvalue weighted by Crippen LogP contribution is 2.43. The van der Waals surface area contributed by atoms with Gasteiger partial charge in [0.1, 0.15) is 24.2 Å². The van der Waals surface area contributed by atoms with E-state index >= 15 is 0 Å². The summed E-state index contributed by atoms with van der Waals surface area (Å²) in [4.78, 5) is 40.8. The van der Waals surface area contributed by atoms with Gasteiger partial charge in [0.2, 0.25) is 5.91 Å². The van der Waals surface area contributed by atoms with Crippen molar-refractivity contribution in [1.82, 2.24) is 4.90 Å². The van der Waals surface area contributed by atoms with Crippen LogP contribution >= 0.6 is 11.8 Å². The van der Waals surface area contributed by atoms with Crippen molar-refractivity contribution in [3.63, 3.8) is 0 Å². The molecule has 0 N–H and O–H groups in total. The molecule has 2 fully saturated rings. The van der Waals surface area contributed by atoms with Crippen LogP contribution < -0.4 is 10.4 Å². The second-order valence-corrected chi connectivity index (χ2v) is 18.1. The van der Waals surface area contributed by atoms with E-state index in [4.69, 9.17) is 23.4 Å². The molecule has 0 bridgehead atoms. The fourth-order valence-electron chi connectivity index (χ4n) is 6.30. The molecule has 0 unspecified atom stereocenters. The molecule has 248 valence electrons. The van der Waals surface area contributed by atoms with E-state index < -0.39 is 56.3 Å². The molecule has 3 aromatic carbocycles. The molecule has 2 saturated heterocycles. The second kappa shape index (κ2) is 14.5. The smallest absolute Gasteiger partial charge is 0.439 e. The van der Waals surface area contributed by atoms with Gasteiger partial charge in [0.05, 0.1) is 6.61 Å². The minimum Gasteiger partial charge on any atom is -0.439 e. The van der Waals surface area contributed by atoms with Crippen molar-refractivity contribution in [3.05, 3.63) is 103 Å². The van der Waals surface area contributed by atoms with Crippen molar-refractivity contribution in [2.45, 2.75) is 74.3 Å². The summed E-state index contributed by atoms with van der Waals surface area (Å²) in [5.41, 5.74) is 0.333. The summed E-state index contributed by atoms with van der Waals surface area (Å²) in [5, 5.41) is 1.79. The highest BCUT2D eigenvalue weighted by molar-refractivity contribution is 7.99. The molecule has 9 nitrogen and oxygen atoms in total. The third-order valence-corrected chi connectivity index (χ3v) is 14.6. The Bertz CT molecular complexity index is 1520. The summed E-state index contributed by atoms with van der Waals surface area (Å²) in [6.07, 6.45) is -3.45. The first-order chi connectivity index (χ1) is 22.5. The standard InChI is InChI=1S/C36H41NO8SSi/c1-7-22-41-35(40)45-31-29(23-42-47(36(4,5)6,27-14-10-8-11-15-27)28-16-12-9-13-17-28)43-33(46-26-20-18-24(2)19-21-26)30-32(31)44-34(39)37(30)25(3)38/h7-21,29-33H,1,22-23H2,2-6H3/t29-,30-,31-,32-,33+/m1/s1. The number of aryl methyl sites for hydroxylation is 1. The first-order valence-corrected chi connectivity index (χ1v) is 18.3. The van der Waals surface area contributed by atoms with Crippen LogP contribution in [0.3, 0.4) is 0 Å². The van der Waals surface area contributed by atoms with Crippen molar-refractivity contribution in [1.29, 1.82) is 0 Å². The van der Waals surface area contributed by atoms with Gasteiger partial charge in [-0.2, -0.15) is 0 Å². The average Bonchev–Trinajstić information content (AvgIpc) is 3.40. The summed E-state index contributed by atoms with van der Waals surface area (Å²) in [7, 11) is -3.05. The lowest BCUT2D eigenvalue weighted by molar-refractivity contribution is -0.169. The van der Waals surface area contributed by atoms with Gasteiger partial charge in [0.25, 0.3) is 8.32 Å². The minimum atomic E-state index is -3.05. The third kappa shape index (κ3) is 7.18. The van der Waals surface area contributed by atoms with Crippen LogP contribution in [-0.2, 0) is 28.2 Å². The number of thioether (sulfide) groups is 1. The lowest BCUT2D eigenvalue weighted by Crippen LogP contribution is -2.68. The molecule has 11 heteroatoms. The predicted octanol–water partition coefficient (Wildman–Crippen LogP) is 5.83. The van der Waals surface area contributed by atoms with Gasteiger partial charge in [0, 0.05) is 11.8 Å². The molecule has 0 aliphatic carbocycles. The average molecular weight is 676 g/mol. The molecule has 0 saturated carbocycles. The van der Waals surface area contributed by atoms with Gasteiger partial charge in [-0.15, -0.1) is 0 Å². The summed E-state index contributed by atoms with van der Waals surface area (Å²) in [6.45, 7) is 13.3. The normalized spacial score (nSPS) is 22.6. The SMILES string of the molecule is C=CCOC(=O)O[C@H]1[C@@H]2OC(=O)N(C(C)=O)[C@H]2[C@H](Sc2ccc(C)cc2)O[C@@H]1CO[Si](c1ccccc1)(c1ccccc1)C(C)(C)C. The Kier molecular flexibility index (Phi) is 10.6. The Morgan fingerprint density at radius 2 is 1.57 bits per heavy atom. The minimum absolute atomic E-state index is 0.00150. The van der Waals surface area contributed by atoms with Crippen molar-refractivity contribution in [3.8, 4) is 0 Å². The number of hydrogen-bond donors (Lipinski definition) is 0. The second-order valence-electron chi connectivity index (χ2n) is 12.6. The molecule has 2 heterocycles. The zero-order valence-electron chi connectivity index (χ0n) is 27.3. The summed E-state index contributed by atoms with van der Waals surface area (Å²) in [5.74, 6) is -0.504. The molecule has 5 rings (SSSR count). The lowest BCUT2D eigenvalue weighted by atomic mass is 9.97. The molecule has 0 aromatic heterocycles. The van der Waals surface area contributed by atoms with Gasteiger partial charge < -0.3 is 23.4 Å². The Morgan fingerprint density at radius 1 is 0.979 bits per heavy atom. The van der Waals surface area contributed by atoms with E-state index in [0.29, 0.717) is 0 Å². The van der Waals surface area contributed by atoms with E-state index in [9.17, 15) is 14.4 Å². The molecule has 47 heavy (non-hydrogen) atoms. The molecular formula is C36H41NO8SSi. The van der Waals surface area contributed by atoms with Gasteiger partial charge in [-0.1, -0.05) is 124 Å². The number of ether oxygens (including phenoxy) is 4. The van der Waals surface area contributed by atoms with Crippen LogP contribution in [0.4, 0.5) is 9.59 Å². The van der Waals surface area contributed by atoms with E-state index in [1.807, 2.05) is 67.6 Å². The number of rotatable bonds is 10. The number of nitrogens with zero attached hydrogens (tertiary/aromatic N) is 1. The molecule has 3 aromatic rings. The maximum Gasteiger partial charge on any atom is 0.509 e. The molecule has 5 atom stereocenters. The van der Waals surface area contributed by atoms with Gasteiger partial charge in [0.15, 0.2) is 12.2 Å². The number of carbonyl (C=O) groups is 3. The Balaban J connectivity index is 1.57. The number of fused-ring (bicyclic) bond motifs is 1.